The van der Waals surface area contributed by atoms with Crippen LogP contribution in [0.25, 0.3) is 0 Å². The molecule has 6 nitrogen and oxygen atoms in total. The minimum absolute atomic E-state index is 0.0245. The van der Waals surface area contributed by atoms with Crippen LogP contribution in [0.15, 0.2) is 12.1 Å². The fourth-order valence-corrected chi connectivity index (χ4v) is 2.74. The summed E-state index contributed by atoms with van der Waals surface area (Å²) in [6.45, 7) is 1.53. The molecule has 0 spiro atoms. The molecule has 1 unspecified atom stereocenters. The number of amides is 1. The van der Waals surface area contributed by atoms with E-state index < -0.39 is 0 Å². The van der Waals surface area contributed by atoms with Crippen LogP contribution in [0.1, 0.15) is 32.1 Å². The molecule has 0 bridgehead atoms. The molecule has 2 fully saturated rings. The van der Waals surface area contributed by atoms with Crippen molar-refractivity contribution in [2.75, 3.05) is 32.1 Å². The van der Waals surface area contributed by atoms with Gasteiger partial charge in [-0.3, -0.25) is 4.79 Å². The predicted molar refractivity (Wildman–Crippen MR) is 83.9 cm³/mol. The highest BCUT2D eigenvalue weighted by Crippen LogP contribution is 2.33. The minimum atomic E-state index is 0.0245. The summed E-state index contributed by atoms with van der Waals surface area (Å²) < 4.78 is 5.91. The zero-order chi connectivity index (χ0) is 15.5. The number of nitrogens with zero attached hydrogens (tertiary/aromatic N) is 4. The second-order valence-corrected chi connectivity index (χ2v) is 6.49. The van der Waals surface area contributed by atoms with Crippen molar-refractivity contribution in [3.63, 3.8) is 0 Å². The lowest BCUT2D eigenvalue weighted by atomic mass is 10.1. The van der Waals surface area contributed by atoms with E-state index in [1.807, 2.05) is 36.0 Å². The molecule has 120 valence electrons. The molecular weight excluding hydrogens is 280 g/mol. The van der Waals surface area contributed by atoms with Crippen LogP contribution in [-0.4, -0.2) is 54.3 Å². The maximum absolute atomic E-state index is 12.2. The number of piperidine rings is 1. The number of anilines is 1. The zero-order valence-corrected chi connectivity index (χ0v) is 13.4. The Kier molecular flexibility index (Phi) is 4.45. The van der Waals surface area contributed by atoms with Crippen LogP contribution in [0.5, 0.6) is 5.88 Å². The highest BCUT2D eigenvalue weighted by molar-refractivity contribution is 5.76. The third-order valence-electron chi connectivity index (χ3n) is 4.26. The highest BCUT2D eigenvalue weighted by Gasteiger charge is 2.30. The van der Waals surface area contributed by atoms with Gasteiger partial charge in [0.25, 0.3) is 0 Å². The molecule has 1 aromatic rings. The van der Waals surface area contributed by atoms with Gasteiger partial charge in [0.1, 0.15) is 6.10 Å². The second-order valence-electron chi connectivity index (χ2n) is 6.49. The van der Waals surface area contributed by atoms with Gasteiger partial charge in [-0.2, -0.15) is 0 Å². The molecule has 3 rings (SSSR count). The highest BCUT2D eigenvalue weighted by atomic mass is 16.5. The Hall–Kier alpha value is -1.85. The number of ether oxygens (including phenoxy) is 1. The molecular formula is C16H24N4O2. The Balaban J connectivity index is 1.54. The van der Waals surface area contributed by atoms with Gasteiger partial charge in [-0.1, -0.05) is 0 Å². The van der Waals surface area contributed by atoms with Crippen LogP contribution >= 0.6 is 0 Å². The molecule has 22 heavy (non-hydrogen) atoms. The van der Waals surface area contributed by atoms with E-state index in [4.69, 9.17) is 4.74 Å². The fourth-order valence-electron chi connectivity index (χ4n) is 2.74. The molecule has 1 saturated heterocycles. The number of aromatic nitrogens is 2. The maximum atomic E-state index is 12.2. The maximum Gasteiger partial charge on any atom is 0.233 e. The van der Waals surface area contributed by atoms with E-state index in [9.17, 15) is 4.79 Å². The smallest absolute Gasteiger partial charge is 0.233 e. The zero-order valence-electron chi connectivity index (χ0n) is 13.4. The molecule has 6 heteroatoms. The van der Waals surface area contributed by atoms with E-state index in [1.165, 1.54) is 12.8 Å². The Bertz CT molecular complexity index is 513. The molecule has 1 aromatic heterocycles. The lowest BCUT2D eigenvalue weighted by Gasteiger charge is -2.32. The van der Waals surface area contributed by atoms with Crippen LogP contribution in [-0.2, 0) is 4.79 Å². The number of likely N-dealkylation sites (tertiary alicyclic amines) is 1. The van der Waals surface area contributed by atoms with Crippen LogP contribution in [0, 0.1) is 5.92 Å². The molecule has 0 N–H and O–H groups in total. The van der Waals surface area contributed by atoms with Crippen molar-refractivity contribution >= 4 is 11.7 Å². The van der Waals surface area contributed by atoms with Crippen molar-refractivity contribution in [2.24, 2.45) is 5.92 Å². The first-order valence-electron chi connectivity index (χ1n) is 8.07. The van der Waals surface area contributed by atoms with Gasteiger partial charge in [0.2, 0.25) is 11.8 Å². The Morgan fingerprint density at radius 2 is 2.14 bits per heavy atom. The standard InChI is InChI=1S/C16H24N4O2/c1-19(2)14-7-8-15(18-17-14)22-13-4-3-9-20(11-13)16(21)10-12-5-6-12/h7-8,12-13H,3-6,9-11H2,1-2H3. The third-order valence-corrected chi connectivity index (χ3v) is 4.26. The minimum Gasteiger partial charge on any atom is -0.471 e. The van der Waals surface area contributed by atoms with Crippen LogP contribution in [0.4, 0.5) is 5.82 Å². The second kappa shape index (κ2) is 6.50. The Labute approximate surface area is 131 Å². The van der Waals surface area contributed by atoms with E-state index in [0.717, 1.165) is 25.2 Å². The molecule has 0 aromatic carbocycles. The van der Waals surface area contributed by atoms with Crippen LogP contribution in [0.3, 0.4) is 0 Å². The summed E-state index contributed by atoms with van der Waals surface area (Å²) >= 11 is 0. The van der Waals surface area contributed by atoms with Gasteiger partial charge in [0, 0.05) is 33.1 Å². The molecule has 0 radical (unpaired) electrons. The van der Waals surface area contributed by atoms with Crippen LogP contribution in [0.2, 0.25) is 0 Å². The molecule has 2 aliphatic rings. The van der Waals surface area contributed by atoms with E-state index >= 15 is 0 Å². The molecule has 1 amide bonds. The third kappa shape index (κ3) is 3.87. The van der Waals surface area contributed by atoms with Crippen molar-refractivity contribution in [1.82, 2.24) is 15.1 Å². The number of rotatable bonds is 5. The van der Waals surface area contributed by atoms with Gasteiger partial charge in [-0.15, -0.1) is 10.2 Å². The quantitative estimate of drug-likeness (QED) is 0.829. The number of carbonyl (C=O) groups excluding carboxylic acids is 1. The largest absolute Gasteiger partial charge is 0.471 e. The molecule has 2 heterocycles. The number of hydrogen-bond donors (Lipinski definition) is 0. The average Bonchev–Trinajstić information content (AvgIpc) is 3.32. The van der Waals surface area contributed by atoms with Gasteiger partial charge in [0.15, 0.2) is 5.82 Å². The van der Waals surface area contributed by atoms with Gasteiger partial charge in [-0.05, 0) is 37.7 Å². The predicted octanol–water partition coefficient (Wildman–Crippen LogP) is 1.71. The first-order valence-corrected chi connectivity index (χ1v) is 8.07. The van der Waals surface area contributed by atoms with Crippen molar-refractivity contribution in [3.05, 3.63) is 12.1 Å². The number of hydrogen-bond acceptors (Lipinski definition) is 5. The van der Waals surface area contributed by atoms with Crippen molar-refractivity contribution in [2.45, 2.75) is 38.2 Å². The van der Waals surface area contributed by atoms with Crippen molar-refractivity contribution < 1.29 is 9.53 Å². The first-order chi connectivity index (χ1) is 10.6. The SMILES string of the molecule is CN(C)c1ccc(OC2CCCN(C(=O)CC3CC3)C2)nn1. The Morgan fingerprint density at radius 3 is 2.77 bits per heavy atom. The van der Waals surface area contributed by atoms with Gasteiger partial charge < -0.3 is 14.5 Å². The summed E-state index contributed by atoms with van der Waals surface area (Å²) in [6.07, 6.45) is 5.12. The first kappa shape index (κ1) is 15.1. The van der Waals surface area contributed by atoms with E-state index in [-0.39, 0.29) is 12.0 Å². The summed E-state index contributed by atoms with van der Waals surface area (Å²) in [5.41, 5.74) is 0. The van der Waals surface area contributed by atoms with E-state index in [1.54, 1.807) is 0 Å². The summed E-state index contributed by atoms with van der Waals surface area (Å²) in [4.78, 5) is 16.1. The van der Waals surface area contributed by atoms with Gasteiger partial charge >= 0.3 is 0 Å². The van der Waals surface area contributed by atoms with Gasteiger partial charge in [0.05, 0.1) is 6.54 Å². The number of carbonyl (C=O) groups is 1. The fraction of sp³-hybridized carbons (Fsp3) is 0.688. The topological polar surface area (TPSA) is 58.6 Å². The summed E-state index contributed by atoms with van der Waals surface area (Å²) in [6, 6.07) is 3.73. The lowest BCUT2D eigenvalue weighted by Crippen LogP contribution is -2.44. The lowest BCUT2D eigenvalue weighted by molar-refractivity contribution is -0.134. The van der Waals surface area contributed by atoms with E-state index in [2.05, 4.69) is 10.2 Å². The molecule has 1 aliphatic carbocycles. The molecule has 1 aliphatic heterocycles. The van der Waals surface area contributed by atoms with Gasteiger partial charge in [-0.25, -0.2) is 0 Å². The average molecular weight is 304 g/mol. The van der Waals surface area contributed by atoms with Crippen molar-refractivity contribution in [3.8, 4) is 5.88 Å². The van der Waals surface area contributed by atoms with Crippen molar-refractivity contribution in [1.29, 1.82) is 0 Å². The normalized spacial score (nSPS) is 21.5. The molecule has 1 saturated carbocycles. The van der Waals surface area contributed by atoms with Crippen LogP contribution < -0.4 is 9.64 Å². The summed E-state index contributed by atoms with van der Waals surface area (Å²) in [5, 5.41) is 8.22. The monoisotopic (exact) mass is 304 g/mol. The Morgan fingerprint density at radius 1 is 1.32 bits per heavy atom. The van der Waals surface area contributed by atoms with E-state index in [0.29, 0.717) is 24.8 Å². The summed E-state index contributed by atoms with van der Waals surface area (Å²) in [5.74, 6) is 2.26. The molecule has 1 atom stereocenters. The summed E-state index contributed by atoms with van der Waals surface area (Å²) in [7, 11) is 3.85.